The highest BCUT2D eigenvalue weighted by molar-refractivity contribution is 5.38. The second kappa shape index (κ2) is 5.48. The number of aromatic nitrogens is 2. The van der Waals surface area contributed by atoms with Gasteiger partial charge >= 0.3 is 0 Å². The maximum Gasteiger partial charge on any atom is 0.133 e. The average Bonchev–Trinajstić information content (AvgIpc) is 3.19. The quantitative estimate of drug-likeness (QED) is 0.814. The Balaban J connectivity index is 2.21. The fourth-order valence-electron chi connectivity index (χ4n) is 1.82. The van der Waals surface area contributed by atoms with Crippen molar-refractivity contribution in [3.63, 3.8) is 0 Å². The number of nitrogens with zero attached hydrogens (tertiary/aromatic N) is 2. The van der Waals surface area contributed by atoms with Gasteiger partial charge in [0.15, 0.2) is 0 Å². The van der Waals surface area contributed by atoms with Gasteiger partial charge in [0, 0.05) is 30.1 Å². The van der Waals surface area contributed by atoms with Crippen molar-refractivity contribution in [3.05, 3.63) is 17.6 Å². The molecule has 0 amide bonds. The van der Waals surface area contributed by atoms with Gasteiger partial charge in [-0.1, -0.05) is 20.8 Å². The molecule has 0 saturated heterocycles. The lowest BCUT2D eigenvalue weighted by molar-refractivity contribution is 0.671. The molecule has 0 spiro atoms. The molecule has 0 radical (unpaired) electrons. The van der Waals surface area contributed by atoms with Gasteiger partial charge in [0.2, 0.25) is 0 Å². The Morgan fingerprint density at radius 3 is 2.71 bits per heavy atom. The Bertz CT molecular complexity index is 372. The minimum absolute atomic E-state index is 0.455. The summed E-state index contributed by atoms with van der Waals surface area (Å²) >= 11 is 0. The van der Waals surface area contributed by atoms with Gasteiger partial charge in [0.05, 0.1) is 0 Å². The summed E-state index contributed by atoms with van der Waals surface area (Å²) in [6, 6.07) is 2.14. The standard InChI is InChI=1S/C14H23N3/c1-4-8-15-13-9-12(11-6-7-11)16-14(17-13)10(3)5-2/h9-11H,4-8H2,1-3H3,(H,15,16,17). The molecule has 3 nitrogen and oxygen atoms in total. The molecule has 17 heavy (non-hydrogen) atoms. The summed E-state index contributed by atoms with van der Waals surface area (Å²) in [7, 11) is 0. The molecule has 1 aromatic rings. The molecule has 0 aromatic carbocycles. The van der Waals surface area contributed by atoms with E-state index in [4.69, 9.17) is 4.98 Å². The van der Waals surface area contributed by atoms with E-state index in [1.54, 1.807) is 0 Å². The molecule has 1 fully saturated rings. The minimum atomic E-state index is 0.455. The molecular weight excluding hydrogens is 210 g/mol. The van der Waals surface area contributed by atoms with Gasteiger partial charge < -0.3 is 5.32 Å². The third kappa shape index (κ3) is 3.18. The molecule has 1 saturated carbocycles. The van der Waals surface area contributed by atoms with E-state index in [-0.39, 0.29) is 0 Å². The van der Waals surface area contributed by atoms with Gasteiger partial charge in [0.25, 0.3) is 0 Å². The predicted octanol–water partition coefficient (Wildman–Crippen LogP) is 3.69. The second-order valence-electron chi connectivity index (χ2n) is 5.05. The van der Waals surface area contributed by atoms with E-state index in [1.807, 2.05) is 0 Å². The molecule has 1 heterocycles. The first-order valence-electron chi connectivity index (χ1n) is 6.87. The maximum absolute atomic E-state index is 4.72. The monoisotopic (exact) mass is 233 g/mol. The van der Waals surface area contributed by atoms with Crippen LogP contribution in [-0.2, 0) is 0 Å². The first-order chi connectivity index (χ1) is 8.24. The lowest BCUT2D eigenvalue weighted by atomic mass is 10.1. The third-order valence-electron chi connectivity index (χ3n) is 3.37. The molecular formula is C14H23N3. The smallest absolute Gasteiger partial charge is 0.133 e. The van der Waals surface area contributed by atoms with Crippen molar-refractivity contribution < 1.29 is 0 Å². The fourth-order valence-corrected chi connectivity index (χ4v) is 1.82. The van der Waals surface area contributed by atoms with Crippen molar-refractivity contribution in [2.75, 3.05) is 11.9 Å². The summed E-state index contributed by atoms with van der Waals surface area (Å²) in [6.07, 6.45) is 4.82. The van der Waals surface area contributed by atoms with Crippen LogP contribution in [0.3, 0.4) is 0 Å². The van der Waals surface area contributed by atoms with E-state index < -0.39 is 0 Å². The largest absolute Gasteiger partial charge is 0.370 e. The lowest BCUT2D eigenvalue weighted by Crippen LogP contribution is -2.08. The summed E-state index contributed by atoms with van der Waals surface area (Å²) < 4.78 is 0. The highest BCUT2D eigenvalue weighted by Gasteiger charge is 2.26. The van der Waals surface area contributed by atoms with Crippen LogP contribution < -0.4 is 5.32 Å². The summed E-state index contributed by atoms with van der Waals surface area (Å²) in [4.78, 5) is 9.35. The van der Waals surface area contributed by atoms with Gasteiger partial charge in [-0.3, -0.25) is 0 Å². The van der Waals surface area contributed by atoms with Crippen LogP contribution in [0.4, 0.5) is 5.82 Å². The summed E-state index contributed by atoms with van der Waals surface area (Å²) in [5.74, 6) is 3.17. The van der Waals surface area contributed by atoms with Crippen LogP contribution in [0, 0.1) is 0 Å². The average molecular weight is 233 g/mol. The van der Waals surface area contributed by atoms with Gasteiger partial charge in [-0.15, -0.1) is 0 Å². The van der Waals surface area contributed by atoms with Gasteiger partial charge in [-0.2, -0.15) is 0 Å². The van der Waals surface area contributed by atoms with E-state index in [2.05, 4.69) is 37.1 Å². The van der Waals surface area contributed by atoms with Gasteiger partial charge in [-0.25, -0.2) is 9.97 Å². The van der Waals surface area contributed by atoms with Crippen LogP contribution in [0.15, 0.2) is 6.07 Å². The van der Waals surface area contributed by atoms with Crippen LogP contribution in [0.2, 0.25) is 0 Å². The van der Waals surface area contributed by atoms with Crippen molar-refractivity contribution >= 4 is 5.82 Å². The topological polar surface area (TPSA) is 37.8 Å². The van der Waals surface area contributed by atoms with E-state index in [0.29, 0.717) is 11.8 Å². The highest BCUT2D eigenvalue weighted by Crippen LogP contribution is 2.40. The summed E-state index contributed by atoms with van der Waals surface area (Å²) in [5.41, 5.74) is 1.24. The second-order valence-corrected chi connectivity index (χ2v) is 5.05. The van der Waals surface area contributed by atoms with Crippen molar-refractivity contribution in [2.24, 2.45) is 0 Å². The maximum atomic E-state index is 4.72. The molecule has 1 atom stereocenters. The Kier molecular flexibility index (Phi) is 3.97. The molecule has 1 aromatic heterocycles. The van der Waals surface area contributed by atoms with Gasteiger partial charge in [0.1, 0.15) is 11.6 Å². The van der Waals surface area contributed by atoms with E-state index in [9.17, 15) is 0 Å². The van der Waals surface area contributed by atoms with Crippen molar-refractivity contribution in [3.8, 4) is 0 Å². The summed E-state index contributed by atoms with van der Waals surface area (Å²) in [6.45, 7) is 7.55. The van der Waals surface area contributed by atoms with Crippen molar-refractivity contribution in [1.29, 1.82) is 0 Å². The molecule has 1 unspecified atom stereocenters. The molecule has 3 heteroatoms. The Morgan fingerprint density at radius 1 is 1.35 bits per heavy atom. The molecule has 94 valence electrons. The molecule has 1 aliphatic rings. The molecule has 0 aliphatic heterocycles. The Hall–Kier alpha value is -1.12. The van der Waals surface area contributed by atoms with Crippen molar-refractivity contribution in [2.45, 2.75) is 58.3 Å². The van der Waals surface area contributed by atoms with Crippen LogP contribution in [0.1, 0.15) is 69.8 Å². The lowest BCUT2D eigenvalue weighted by Gasteiger charge is -2.12. The predicted molar refractivity (Wildman–Crippen MR) is 71.5 cm³/mol. The number of anilines is 1. The Morgan fingerprint density at radius 2 is 2.12 bits per heavy atom. The fraction of sp³-hybridized carbons (Fsp3) is 0.714. The zero-order valence-electron chi connectivity index (χ0n) is 11.2. The molecule has 0 bridgehead atoms. The third-order valence-corrected chi connectivity index (χ3v) is 3.37. The van der Waals surface area contributed by atoms with Crippen LogP contribution in [0.5, 0.6) is 0 Å². The van der Waals surface area contributed by atoms with Crippen molar-refractivity contribution in [1.82, 2.24) is 9.97 Å². The van der Waals surface area contributed by atoms with Crippen LogP contribution >= 0.6 is 0 Å². The normalized spacial score (nSPS) is 16.9. The minimum Gasteiger partial charge on any atom is -0.370 e. The molecule has 1 N–H and O–H groups in total. The zero-order chi connectivity index (χ0) is 12.3. The van der Waals surface area contributed by atoms with Crippen LogP contribution in [0.25, 0.3) is 0 Å². The first-order valence-corrected chi connectivity index (χ1v) is 6.87. The number of hydrogen-bond donors (Lipinski definition) is 1. The molecule has 2 rings (SSSR count). The SMILES string of the molecule is CCCNc1cc(C2CC2)nc(C(C)CC)n1. The highest BCUT2D eigenvalue weighted by atomic mass is 15.0. The number of nitrogens with one attached hydrogen (secondary N) is 1. The van der Waals surface area contributed by atoms with E-state index in [1.165, 1.54) is 18.5 Å². The Labute approximate surface area is 104 Å². The first kappa shape index (κ1) is 12.3. The van der Waals surface area contributed by atoms with E-state index in [0.717, 1.165) is 31.0 Å². The number of hydrogen-bond acceptors (Lipinski definition) is 3. The van der Waals surface area contributed by atoms with Gasteiger partial charge in [-0.05, 0) is 25.7 Å². The summed E-state index contributed by atoms with van der Waals surface area (Å²) in [5, 5.41) is 3.39. The van der Waals surface area contributed by atoms with E-state index >= 15 is 0 Å². The zero-order valence-corrected chi connectivity index (χ0v) is 11.2. The molecule has 1 aliphatic carbocycles. The number of rotatable bonds is 6. The van der Waals surface area contributed by atoms with Crippen LogP contribution in [-0.4, -0.2) is 16.5 Å².